The molecule has 4 saturated heterocycles. The Morgan fingerprint density at radius 3 is 2.33 bits per heavy atom. The summed E-state index contributed by atoms with van der Waals surface area (Å²) < 4.78 is 53.4. The molecule has 14 nitrogen and oxygen atoms in total. The van der Waals surface area contributed by atoms with Crippen LogP contribution in [0.2, 0.25) is 0 Å². The van der Waals surface area contributed by atoms with Crippen LogP contribution in [0.5, 0.6) is 0 Å². The van der Waals surface area contributed by atoms with Crippen molar-refractivity contribution in [3.8, 4) is 0 Å². The van der Waals surface area contributed by atoms with Crippen LogP contribution in [0.4, 0.5) is 4.79 Å². The summed E-state index contributed by atoms with van der Waals surface area (Å²) in [6.07, 6.45) is 0.397. The monoisotopic (exact) mass is 896 g/mol. The van der Waals surface area contributed by atoms with Gasteiger partial charge in [0, 0.05) is 49.6 Å². The van der Waals surface area contributed by atoms with Gasteiger partial charge in [0.1, 0.15) is 6.10 Å². The van der Waals surface area contributed by atoms with Crippen molar-refractivity contribution in [1.82, 2.24) is 9.80 Å². The van der Waals surface area contributed by atoms with E-state index >= 15 is 0 Å². The van der Waals surface area contributed by atoms with Gasteiger partial charge in [0.05, 0.1) is 60.7 Å². The molecule has 18 atom stereocenters. The molecule has 0 saturated carbocycles. The van der Waals surface area contributed by atoms with Gasteiger partial charge in [-0.3, -0.25) is 14.7 Å². The maximum absolute atomic E-state index is 14.9. The van der Waals surface area contributed by atoms with E-state index in [-0.39, 0.29) is 42.6 Å². The van der Waals surface area contributed by atoms with E-state index in [2.05, 4.69) is 34.3 Å². The molecule has 5 aliphatic heterocycles. The van der Waals surface area contributed by atoms with E-state index in [0.717, 1.165) is 11.3 Å². The molecular formula is C50H77N3O11. The standard InChI is InChI=1S/C50H77N3O11/c1-15-38-50(11)43-31(4)40(51-23-24-53(43)47(56)64-50)29(2)27-49(10,58-25-19-22-36-20-17-16-18-21-36)44(63-46-41(54)37(52(12)13)26-30(3)59-46)32(5)42(33(6)45(55)61-38)62-39-28-48(9,57-14)34(7)35(8)60-39/h15-22,29-35,37-39,41-44,46,54H,1,23-28H2,2-14H3/b22-19+/t29-,30+,31-,32+,33-,34+,35+,37-,38?,39+,41+,42+,43-,44-,46?,48-,49+,50-/m1/s1. The van der Waals surface area contributed by atoms with Gasteiger partial charge in [0.2, 0.25) is 0 Å². The third-order valence-corrected chi connectivity index (χ3v) is 15.3. The average Bonchev–Trinajstić information content (AvgIpc) is 3.38. The van der Waals surface area contributed by atoms with Gasteiger partial charge in [-0.15, -0.1) is 0 Å². The molecule has 64 heavy (non-hydrogen) atoms. The molecule has 5 heterocycles. The third-order valence-electron chi connectivity index (χ3n) is 15.3. The van der Waals surface area contributed by atoms with Crippen molar-refractivity contribution in [2.75, 3.05) is 40.9 Å². The number of aliphatic hydroxyl groups is 1. The summed E-state index contributed by atoms with van der Waals surface area (Å²) in [5.41, 5.74) is -1.09. The number of likely N-dealkylation sites (N-methyl/N-ethyl adjacent to an activating group) is 1. The second kappa shape index (κ2) is 20.3. The molecule has 2 bridgehead atoms. The smallest absolute Gasteiger partial charge is 0.411 e. The Kier molecular flexibility index (Phi) is 16.0. The summed E-state index contributed by atoms with van der Waals surface area (Å²) in [6, 6.07) is 9.24. The highest BCUT2D eigenvalue weighted by Gasteiger charge is 2.60. The van der Waals surface area contributed by atoms with E-state index in [9.17, 15) is 14.7 Å². The molecule has 0 spiro atoms. The summed E-state index contributed by atoms with van der Waals surface area (Å²) in [5, 5.41) is 12.0. The number of rotatable bonds is 11. The van der Waals surface area contributed by atoms with Crippen LogP contribution in [0, 0.1) is 29.6 Å². The van der Waals surface area contributed by atoms with Crippen LogP contribution >= 0.6 is 0 Å². The van der Waals surface area contributed by atoms with Crippen molar-refractivity contribution in [2.45, 2.75) is 167 Å². The quantitative estimate of drug-likeness (QED) is 0.182. The predicted molar refractivity (Wildman–Crippen MR) is 245 cm³/mol. The number of carbonyl (C=O) groups is 2. The molecule has 2 unspecified atom stereocenters. The van der Waals surface area contributed by atoms with Gasteiger partial charge in [-0.25, -0.2) is 4.79 Å². The number of cyclic esters (lactones) is 1. The summed E-state index contributed by atoms with van der Waals surface area (Å²) in [5.74, 6) is -2.60. The van der Waals surface area contributed by atoms with Gasteiger partial charge in [-0.05, 0) is 86.0 Å². The van der Waals surface area contributed by atoms with E-state index in [0.29, 0.717) is 32.4 Å². The van der Waals surface area contributed by atoms with Crippen LogP contribution < -0.4 is 0 Å². The van der Waals surface area contributed by atoms with Crippen molar-refractivity contribution in [2.24, 2.45) is 34.6 Å². The largest absolute Gasteiger partial charge is 0.453 e. The molecular weight excluding hydrogens is 819 g/mol. The lowest BCUT2D eigenvalue weighted by atomic mass is 9.73. The first-order chi connectivity index (χ1) is 30.2. The molecule has 1 aromatic carbocycles. The number of nitrogens with zero attached hydrogens (tertiary/aromatic N) is 3. The highest BCUT2D eigenvalue weighted by Crippen LogP contribution is 2.46. The number of aliphatic imine (C=N–C) groups is 1. The molecule has 1 amide bonds. The second-order valence-electron chi connectivity index (χ2n) is 20.1. The van der Waals surface area contributed by atoms with E-state index < -0.39 is 83.7 Å². The van der Waals surface area contributed by atoms with Crippen LogP contribution in [0.3, 0.4) is 0 Å². The number of fused-ring (bicyclic) bond motifs is 1. The van der Waals surface area contributed by atoms with Gasteiger partial charge < -0.3 is 47.9 Å². The van der Waals surface area contributed by atoms with Crippen LogP contribution in [-0.4, -0.2) is 152 Å². The molecule has 1 N–H and O–H groups in total. The molecule has 5 aliphatic rings. The van der Waals surface area contributed by atoms with E-state index in [1.165, 1.54) is 0 Å². The minimum absolute atomic E-state index is 0.0487. The first-order valence-corrected chi connectivity index (χ1v) is 23.4. The first-order valence-electron chi connectivity index (χ1n) is 23.4. The molecule has 0 aliphatic carbocycles. The fourth-order valence-corrected chi connectivity index (χ4v) is 11.3. The Morgan fingerprint density at radius 2 is 1.67 bits per heavy atom. The fourth-order valence-electron chi connectivity index (χ4n) is 11.3. The minimum Gasteiger partial charge on any atom is -0.453 e. The lowest BCUT2D eigenvalue weighted by molar-refractivity contribution is -0.316. The number of amides is 1. The highest BCUT2D eigenvalue weighted by atomic mass is 16.7. The summed E-state index contributed by atoms with van der Waals surface area (Å²) in [7, 11) is 5.58. The Hall–Kier alpha value is -3.21. The van der Waals surface area contributed by atoms with Gasteiger partial charge in [0.15, 0.2) is 24.3 Å². The topological polar surface area (TPSA) is 147 Å². The Bertz CT molecular complexity index is 1830. The molecule has 358 valence electrons. The van der Waals surface area contributed by atoms with Gasteiger partial charge >= 0.3 is 12.1 Å². The molecule has 0 radical (unpaired) electrons. The summed E-state index contributed by atoms with van der Waals surface area (Å²) in [4.78, 5) is 37.5. The van der Waals surface area contributed by atoms with Crippen LogP contribution in [0.1, 0.15) is 94.1 Å². The number of esters is 1. The van der Waals surface area contributed by atoms with E-state index in [1.54, 1.807) is 25.0 Å². The second-order valence-corrected chi connectivity index (χ2v) is 20.1. The lowest BCUT2D eigenvalue weighted by Crippen LogP contribution is -2.61. The van der Waals surface area contributed by atoms with Gasteiger partial charge in [-0.2, -0.15) is 0 Å². The number of benzene rings is 1. The Morgan fingerprint density at radius 1 is 0.969 bits per heavy atom. The fraction of sp³-hybridized carbons (Fsp3) is 0.740. The molecule has 0 aromatic heterocycles. The van der Waals surface area contributed by atoms with E-state index in [4.69, 9.17) is 42.9 Å². The zero-order valence-corrected chi connectivity index (χ0v) is 40.6. The third kappa shape index (κ3) is 10.2. The highest BCUT2D eigenvalue weighted by molar-refractivity contribution is 5.91. The molecule has 6 rings (SSSR count). The van der Waals surface area contributed by atoms with Crippen molar-refractivity contribution in [3.05, 3.63) is 54.6 Å². The number of hydrogen-bond acceptors (Lipinski definition) is 13. The van der Waals surface area contributed by atoms with Crippen LogP contribution in [0.15, 0.2) is 54.1 Å². The number of hydrogen-bond donors (Lipinski definition) is 1. The molecule has 4 fully saturated rings. The Balaban J connectivity index is 1.51. The molecule has 14 heteroatoms. The van der Waals surface area contributed by atoms with Crippen molar-refractivity contribution in [1.29, 1.82) is 0 Å². The van der Waals surface area contributed by atoms with Crippen molar-refractivity contribution in [3.63, 3.8) is 0 Å². The normalized spacial score (nSPS) is 43.6. The van der Waals surface area contributed by atoms with Crippen LogP contribution in [-0.2, 0) is 42.7 Å². The summed E-state index contributed by atoms with van der Waals surface area (Å²) in [6.45, 7) is 25.0. The SMILES string of the molecule is C=CC1OC(=O)[C@H](C)[C@@H](O[C@H]2C[C@@](C)(OC)[C@@H](C)[C@H](C)O2)[C@H](C)[C@@H](OC2O[C@@H](C)C[C@@H](N(C)C)[C@@H]2O)[C@@](C)(OC/C=C/c2ccccc2)C[C@@H](C)C2=NCCN3C(=O)O[C@@]1(C)[C@H]3[C@@H]2C. The maximum Gasteiger partial charge on any atom is 0.411 e. The van der Waals surface area contributed by atoms with Crippen LogP contribution in [0.25, 0.3) is 6.08 Å². The Labute approximate surface area is 382 Å². The average molecular weight is 896 g/mol. The van der Waals surface area contributed by atoms with Gasteiger partial charge in [-0.1, -0.05) is 76.8 Å². The predicted octanol–water partition coefficient (Wildman–Crippen LogP) is 6.93. The van der Waals surface area contributed by atoms with E-state index in [1.807, 2.05) is 96.1 Å². The lowest BCUT2D eigenvalue weighted by Gasteiger charge is -2.50. The zero-order valence-electron chi connectivity index (χ0n) is 40.6. The maximum atomic E-state index is 14.9. The summed E-state index contributed by atoms with van der Waals surface area (Å²) >= 11 is 0. The minimum atomic E-state index is -1.29. The first kappa shape index (κ1) is 50.2. The van der Waals surface area contributed by atoms with Crippen molar-refractivity contribution >= 4 is 23.9 Å². The number of ether oxygens (including phenoxy) is 8. The zero-order chi connectivity index (χ0) is 46.9. The number of methoxy groups -OCH3 is 1. The van der Waals surface area contributed by atoms with Gasteiger partial charge in [0.25, 0.3) is 0 Å². The molecule has 1 aromatic rings. The number of carbonyl (C=O) groups excluding carboxylic acids is 2. The number of aliphatic hydroxyl groups excluding tert-OH is 1. The van der Waals surface area contributed by atoms with Crippen molar-refractivity contribution < 1.29 is 52.6 Å².